The Morgan fingerprint density at radius 1 is 0.963 bits per heavy atom. The molecule has 2 saturated heterocycles. The van der Waals surface area contributed by atoms with Crippen molar-refractivity contribution >= 4 is 22.7 Å². The Morgan fingerprint density at radius 2 is 1.67 bits per heavy atom. The number of aromatic amines is 1. The molecular formula is C21H28N4O2. The first-order chi connectivity index (χ1) is 13.0. The van der Waals surface area contributed by atoms with Crippen LogP contribution in [0.15, 0.2) is 18.2 Å². The van der Waals surface area contributed by atoms with Crippen molar-refractivity contribution in [2.75, 3.05) is 45.8 Å². The second-order valence-electron chi connectivity index (χ2n) is 7.76. The highest BCUT2D eigenvalue weighted by molar-refractivity contribution is 6.06. The van der Waals surface area contributed by atoms with E-state index in [0.717, 1.165) is 61.2 Å². The number of carbonyl (C=O) groups is 2. The van der Waals surface area contributed by atoms with E-state index < -0.39 is 0 Å². The van der Waals surface area contributed by atoms with Crippen LogP contribution in [0, 0.1) is 13.8 Å². The van der Waals surface area contributed by atoms with Crippen LogP contribution in [0.3, 0.4) is 0 Å². The number of piperazine rings is 1. The van der Waals surface area contributed by atoms with Crippen LogP contribution in [0.2, 0.25) is 0 Å². The third kappa shape index (κ3) is 3.46. The SMILES string of the molecule is Cc1[nH]c2c(C(=O)N3CCN(CC(=O)N4CCCC4)CC3)cccc2c1C. The molecular weight excluding hydrogens is 340 g/mol. The summed E-state index contributed by atoms with van der Waals surface area (Å²) in [5.41, 5.74) is 3.98. The lowest BCUT2D eigenvalue weighted by atomic mass is 10.1. The summed E-state index contributed by atoms with van der Waals surface area (Å²) in [5.74, 6) is 0.307. The summed E-state index contributed by atoms with van der Waals surface area (Å²) in [6.45, 7) is 9.24. The van der Waals surface area contributed by atoms with Crippen LogP contribution in [0.5, 0.6) is 0 Å². The number of H-pyrrole nitrogens is 1. The number of aromatic nitrogens is 1. The predicted octanol–water partition coefficient (Wildman–Crippen LogP) is 2.16. The number of rotatable bonds is 3. The van der Waals surface area contributed by atoms with Gasteiger partial charge in [-0.2, -0.15) is 0 Å². The molecule has 1 aromatic heterocycles. The predicted molar refractivity (Wildman–Crippen MR) is 106 cm³/mol. The molecule has 4 rings (SSSR count). The van der Waals surface area contributed by atoms with Gasteiger partial charge in [0, 0.05) is 50.3 Å². The number of nitrogens with one attached hydrogen (secondary N) is 1. The molecule has 0 aliphatic carbocycles. The third-order valence-electron chi connectivity index (χ3n) is 6.05. The van der Waals surface area contributed by atoms with Gasteiger partial charge in [-0.25, -0.2) is 0 Å². The molecule has 0 unspecified atom stereocenters. The van der Waals surface area contributed by atoms with E-state index >= 15 is 0 Å². The second kappa shape index (κ2) is 7.35. The van der Waals surface area contributed by atoms with Crippen molar-refractivity contribution in [2.45, 2.75) is 26.7 Å². The van der Waals surface area contributed by atoms with E-state index in [1.54, 1.807) is 0 Å². The average Bonchev–Trinajstić information content (AvgIpc) is 3.31. The fourth-order valence-corrected chi connectivity index (χ4v) is 4.20. The minimum absolute atomic E-state index is 0.0763. The number of aryl methyl sites for hydroxylation is 2. The zero-order valence-corrected chi connectivity index (χ0v) is 16.3. The summed E-state index contributed by atoms with van der Waals surface area (Å²) in [5, 5.41) is 1.12. The van der Waals surface area contributed by atoms with Crippen molar-refractivity contribution in [3.05, 3.63) is 35.0 Å². The number of nitrogens with zero attached hydrogens (tertiary/aromatic N) is 3. The Balaban J connectivity index is 1.40. The topological polar surface area (TPSA) is 59.7 Å². The van der Waals surface area contributed by atoms with Gasteiger partial charge in [0.15, 0.2) is 0 Å². The fraction of sp³-hybridized carbons (Fsp3) is 0.524. The number of fused-ring (bicyclic) bond motifs is 1. The minimum atomic E-state index is 0.0763. The fourth-order valence-electron chi connectivity index (χ4n) is 4.20. The van der Waals surface area contributed by atoms with E-state index in [1.165, 1.54) is 5.56 Å². The summed E-state index contributed by atoms with van der Waals surface area (Å²) in [6.07, 6.45) is 2.24. The molecule has 144 valence electrons. The Labute approximate surface area is 160 Å². The third-order valence-corrected chi connectivity index (χ3v) is 6.05. The lowest BCUT2D eigenvalue weighted by Gasteiger charge is -2.35. The zero-order chi connectivity index (χ0) is 19.0. The van der Waals surface area contributed by atoms with Crippen LogP contribution in [0.1, 0.15) is 34.5 Å². The molecule has 2 aromatic rings. The Bertz CT molecular complexity index is 858. The Kier molecular flexibility index (Phi) is 4.91. The van der Waals surface area contributed by atoms with E-state index in [2.05, 4.69) is 22.9 Å². The summed E-state index contributed by atoms with van der Waals surface area (Å²) < 4.78 is 0. The lowest BCUT2D eigenvalue weighted by molar-refractivity contribution is -0.131. The summed E-state index contributed by atoms with van der Waals surface area (Å²) >= 11 is 0. The molecule has 6 nitrogen and oxygen atoms in total. The van der Waals surface area contributed by atoms with E-state index in [0.29, 0.717) is 19.6 Å². The smallest absolute Gasteiger partial charge is 0.256 e. The molecule has 2 aliphatic heterocycles. The molecule has 1 N–H and O–H groups in total. The Morgan fingerprint density at radius 3 is 2.37 bits per heavy atom. The van der Waals surface area contributed by atoms with Gasteiger partial charge in [0.1, 0.15) is 0 Å². The molecule has 0 bridgehead atoms. The van der Waals surface area contributed by atoms with Crippen molar-refractivity contribution in [1.82, 2.24) is 19.7 Å². The molecule has 2 amide bonds. The number of likely N-dealkylation sites (tertiary alicyclic amines) is 1. The van der Waals surface area contributed by atoms with Crippen LogP contribution in [-0.2, 0) is 4.79 Å². The van der Waals surface area contributed by atoms with Gasteiger partial charge in [0.2, 0.25) is 5.91 Å². The minimum Gasteiger partial charge on any atom is -0.358 e. The zero-order valence-electron chi connectivity index (χ0n) is 16.3. The van der Waals surface area contributed by atoms with E-state index in [1.807, 2.05) is 28.9 Å². The van der Waals surface area contributed by atoms with Gasteiger partial charge < -0.3 is 14.8 Å². The second-order valence-corrected chi connectivity index (χ2v) is 7.76. The van der Waals surface area contributed by atoms with Gasteiger partial charge >= 0.3 is 0 Å². The highest BCUT2D eigenvalue weighted by atomic mass is 16.2. The first kappa shape index (κ1) is 18.0. The average molecular weight is 368 g/mol. The first-order valence-corrected chi connectivity index (χ1v) is 9.92. The highest BCUT2D eigenvalue weighted by Crippen LogP contribution is 2.25. The lowest BCUT2D eigenvalue weighted by Crippen LogP contribution is -2.51. The van der Waals surface area contributed by atoms with Crippen LogP contribution in [-0.4, -0.2) is 77.3 Å². The standard InChI is InChI=1S/C21H28N4O2/c1-15-16(2)22-20-17(15)6-5-7-18(20)21(27)25-12-10-23(11-13-25)14-19(26)24-8-3-4-9-24/h5-7,22H,3-4,8-14H2,1-2H3. The molecule has 0 spiro atoms. The molecule has 3 heterocycles. The summed E-state index contributed by atoms with van der Waals surface area (Å²) in [7, 11) is 0. The van der Waals surface area contributed by atoms with Crippen LogP contribution in [0.4, 0.5) is 0 Å². The monoisotopic (exact) mass is 368 g/mol. The molecule has 2 aliphatic rings. The van der Waals surface area contributed by atoms with Gasteiger partial charge in [-0.3, -0.25) is 14.5 Å². The van der Waals surface area contributed by atoms with Crippen LogP contribution in [0.25, 0.3) is 10.9 Å². The number of hydrogen-bond donors (Lipinski definition) is 1. The first-order valence-electron chi connectivity index (χ1n) is 9.92. The quantitative estimate of drug-likeness (QED) is 0.903. The maximum Gasteiger partial charge on any atom is 0.256 e. The van der Waals surface area contributed by atoms with E-state index in [9.17, 15) is 9.59 Å². The molecule has 2 fully saturated rings. The molecule has 0 radical (unpaired) electrons. The maximum atomic E-state index is 13.1. The number of hydrogen-bond acceptors (Lipinski definition) is 3. The van der Waals surface area contributed by atoms with Gasteiger partial charge in [-0.1, -0.05) is 12.1 Å². The van der Waals surface area contributed by atoms with Crippen LogP contribution >= 0.6 is 0 Å². The van der Waals surface area contributed by atoms with Crippen molar-refractivity contribution in [1.29, 1.82) is 0 Å². The molecule has 0 saturated carbocycles. The number of carbonyl (C=O) groups excluding carboxylic acids is 2. The van der Waals surface area contributed by atoms with Gasteiger partial charge in [-0.05, 0) is 38.3 Å². The van der Waals surface area contributed by atoms with Crippen molar-refractivity contribution < 1.29 is 9.59 Å². The maximum absolute atomic E-state index is 13.1. The largest absolute Gasteiger partial charge is 0.358 e. The molecule has 6 heteroatoms. The van der Waals surface area contributed by atoms with Gasteiger partial charge in [0.05, 0.1) is 17.6 Å². The van der Waals surface area contributed by atoms with Crippen molar-refractivity contribution in [2.24, 2.45) is 0 Å². The number of amides is 2. The molecule has 1 aromatic carbocycles. The van der Waals surface area contributed by atoms with Crippen molar-refractivity contribution in [3.8, 4) is 0 Å². The summed E-state index contributed by atoms with van der Waals surface area (Å²) in [6, 6.07) is 5.93. The number of para-hydroxylation sites is 1. The normalized spacial score (nSPS) is 18.4. The number of benzene rings is 1. The van der Waals surface area contributed by atoms with Gasteiger partial charge in [0.25, 0.3) is 5.91 Å². The molecule has 0 atom stereocenters. The summed E-state index contributed by atoms with van der Waals surface area (Å²) in [4.78, 5) is 34.8. The highest BCUT2D eigenvalue weighted by Gasteiger charge is 2.26. The van der Waals surface area contributed by atoms with E-state index in [4.69, 9.17) is 0 Å². The van der Waals surface area contributed by atoms with E-state index in [-0.39, 0.29) is 11.8 Å². The molecule has 27 heavy (non-hydrogen) atoms. The van der Waals surface area contributed by atoms with Gasteiger partial charge in [-0.15, -0.1) is 0 Å². The van der Waals surface area contributed by atoms with Crippen LogP contribution < -0.4 is 0 Å². The van der Waals surface area contributed by atoms with Crippen molar-refractivity contribution in [3.63, 3.8) is 0 Å². The Hall–Kier alpha value is -2.34.